The maximum Gasteiger partial charge on any atom is 0.0823 e. The van der Waals surface area contributed by atoms with E-state index in [4.69, 9.17) is 5.73 Å². The Balaban J connectivity index is 2.03. The molecule has 96 valence electrons. The standard InChI is InChI=1S/C15H21N3/c16-10-11-18-14-6-8-15(12-17,9-7-14)13-4-2-1-3-5-13/h1-5,14,18H,6-11,16H2/t14-,15-. The molecule has 0 amide bonds. The molecule has 1 aromatic carbocycles. The maximum absolute atomic E-state index is 9.57. The molecule has 1 aliphatic rings. The van der Waals surface area contributed by atoms with Crippen molar-refractivity contribution in [1.82, 2.24) is 5.32 Å². The van der Waals surface area contributed by atoms with E-state index < -0.39 is 0 Å². The lowest BCUT2D eigenvalue weighted by Crippen LogP contribution is -2.40. The highest BCUT2D eigenvalue weighted by atomic mass is 14.9. The summed E-state index contributed by atoms with van der Waals surface area (Å²) in [5.41, 5.74) is 6.40. The molecule has 3 heteroatoms. The number of nitriles is 1. The number of nitrogens with zero attached hydrogens (tertiary/aromatic N) is 1. The van der Waals surface area contributed by atoms with Gasteiger partial charge in [-0.3, -0.25) is 0 Å². The molecule has 0 radical (unpaired) electrons. The van der Waals surface area contributed by atoms with E-state index in [-0.39, 0.29) is 5.41 Å². The van der Waals surface area contributed by atoms with Crippen LogP contribution in [0.3, 0.4) is 0 Å². The van der Waals surface area contributed by atoms with Crippen LogP contribution in [0.25, 0.3) is 0 Å². The van der Waals surface area contributed by atoms with Crippen molar-refractivity contribution in [2.24, 2.45) is 5.73 Å². The molecule has 3 N–H and O–H groups in total. The second-order valence-corrected chi connectivity index (χ2v) is 5.08. The van der Waals surface area contributed by atoms with E-state index in [1.807, 2.05) is 18.2 Å². The zero-order valence-corrected chi connectivity index (χ0v) is 10.7. The van der Waals surface area contributed by atoms with Gasteiger partial charge in [0, 0.05) is 19.1 Å². The van der Waals surface area contributed by atoms with E-state index in [9.17, 15) is 5.26 Å². The van der Waals surface area contributed by atoms with Crippen molar-refractivity contribution in [3.05, 3.63) is 35.9 Å². The fourth-order valence-corrected chi connectivity index (χ4v) is 2.82. The van der Waals surface area contributed by atoms with Gasteiger partial charge in [0.05, 0.1) is 11.5 Å². The summed E-state index contributed by atoms with van der Waals surface area (Å²) in [4.78, 5) is 0. The summed E-state index contributed by atoms with van der Waals surface area (Å²) in [6.45, 7) is 1.55. The van der Waals surface area contributed by atoms with Gasteiger partial charge in [-0.15, -0.1) is 0 Å². The van der Waals surface area contributed by atoms with E-state index >= 15 is 0 Å². The lowest BCUT2D eigenvalue weighted by molar-refractivity contribution is 0.297. The summed E-state index contributed by atoms with van der Waals surface area (Å²) in [5, 5.41) is 13.0. The van der Waals surface area contributed by atoms with Crippen molar-refractivity contribution >= 4 is 0 Å². The van der Waals surface area contributed by atoms with E-state index in [1.54, 1.807) is 0 Å². The minimum Gasteiger partial charge on any atom is -0.329 e. The number of rotatable bonds is 4. The number of nitrogens with one attached hydrogen (secondary N) is 1. The third-order valence-corrected chi connectivity index (χ3v) is 3.96. The Labute approximate surface area is 109 Å². The molecule has 0 aliphatic heterocycles. The molecule has 1 saturated carbocycles. The average molecular weight is 243 g/mol. The summed E-state index contributed by atoms with van der Waals surface area (Å²) < 4.78 is 0. The number of nitrogens with two attached hydrogens (primary N) is 1. The second-order valence-electron chi connectivity index (χ2n) is 5.08. The van der Waals surface area contributed by atoms with Gasteiger partial charge in [0.25, 0.3) is 0 Å². The van der Waals surface area contributed by atoms with E-state index in [1.165, 1.54) is 5.56 Å². The van der Waals surface area contributed by atoms with Gasteiger partial charge in [0.2, 0.25) is 0 Å². The minimum absolute atomic E-state index is 0.276. The molecule has 0 bridgehead atoms. The predicted molar refractivity (Wildman–Crippen MR) is 73.0 cm³/mol. The molecule has 0 saturated heterocycles. The van der Waals surface area contributed by atoms with Crippen LogP contribution in [0.5, 0.6) is 0 Å². The smallest absolute Gasteiger partial charge is 0.0823 e. The molecule has 18 heavy (non-hydrogen) atoms. The summed E-state index contributed by atoms with van der Waals surface area (Å²) in [6.07, 6.45) is 4.00. The first kappa shape index (κ1) is 13.1. The van der Waals surface area contributed by atoms with E-state index in [0.717, 1.165) is 32.2 Å². The van der Waals surface area contributed by atoms with E-state index in [2.05, 4.69) is 23.5 Å². The Morgan fingerprint density at radius 1 is 1.28 bits per heavy atom. The van der Waals surface area contributed by atoms with E-state index in [0.29, 0.717) is 12.6 Å². The van der Waals surface area contributed by atoms with Gasteiger partial charge in [0.1, 0.15) is 0 Å². The number of hydrogen-bond donors (Lipinski definition) is 2. The topological polar surface area (TPSA) is 61.8 Å². The molecule has 0 heterocycles. The molecule has 1 aromatic rings. The van der Waals surface area contributed by atoms with Gasteiger partial charge in [-0.1, -0.05) is 30.3 Å². The number of benzene rings is 1. The summed E-state index contributed by atoms with van der Waals surface area (Å²) in [5.74, 6) is 0. The van der Waals surface area contributed by atoms with Crippen molar-refractivity contribution in [3.63, 3.8) is 0 Å². The highest BCUT2D eigenvalue weighted by molar-refractivity contribution is 5.33. The van der Waals surface area contributed by atoms with Crippen LogP contribution >= 0.6 is 0 Å². The molecule has 0 unspecified atom stereocenters. The molecular formula is C15H21N3. The van der Waals surface area contributed by atoms with Gasteiger partial charge in [-0.2, -0.15) is 5.26 Å². The molecule has 0 spiro atoms. The van der Waals surface area contributed by atoms with Crippen molar-refractivity contribution in [2.75, 3.05) is 13.1 Å². The predicted octanol–water partition coefficient (Wildman–Crippen LogP) is 1.94. The van der Waals surface area contributed by atoms with Crippen LogP contribution in [-0.2, 0) is 5.41 Å². The quantitative estimate of drug-likeness (QED) is 0.849. The van der Waals surface area contributed by atoms with Crippen molar-refractivity contribution < 1.29 is 0 Å². The average Bonchev–Trinajstić information content (AvgIpc) is 2.46. The normalized spacial score (nSPS) is 27.7. The molecule has 1 aliphatic carbocycles. The SMILES string of the molecule is N#C[C@]1(c2ccccc2)CC[C@H](NCCN)CC1. The monoisotopic (exact) mass is 243 g/mol. The molecule has 0 atom stereocenters. The molecule has 0 aromatic heterocycles. The second kappa shape index (κ2) is 5.99. The Morgan fingerprint density at radius 3 is 2.50 bits per heavy atom. The Hall–Kier alpha value is -1.37. The van der Waals surface area contributed by atoms with Crippen LogP contribution in [0.1, 0.15) is 31.2 Å². The van der Waals surface area contributed by atoms with Crippen LogP contribution in [0, 0.1) is 11.3 Å². The molecule has 3 nitrogen and oxygen atoms in total. The molecular weight excluding hydrogens is 222 g/mol. The maximum atomic E-state index is 9.57. The first-order valence-electron chi connectivity index (χ1n) is 6.71. The minimum atomic E-state index is -0.276. The largest absolute Gasteiger partial charge is 0.329 e. The van der Waals surface area contributed by atoms with Crippen LogP contribution in [0.4, 0.5) is 0 Å². The summed E-state index contributed by atoms with van der Waals surface area (Å²) in [7, 11) is 0. The van der Waals surface area contributed by atoms with Crippen LogP contribution < -0.4 is 11.1 Å². The molecule has 1 fully saturated rings. The van der Waals surface area contributed by atoms with Gasteiger partial charge >= 0.3 is 0 Å². The summed E-state index contributed by atoms with van der Waals surface area (Å²) in [6, 6.07) is 13.3. The zero-order chi connectivity index (χ0) is 12.8. The lowest BCUT2D eigenvalue weighted by Gasteiger charge is -2.35. The van der Waals surface area contributed by atoms with Crippen molar-refractivity contribution in [2.45, 2.75) is 37.1 Å². The van der Waals surface area contributed by atoms with Crippen molar-refractivity contribution in [1.29, 1.82) is 5.26 Å². The number of hydrogen-bond acceptors (Lipinski definition) is 3. The fraction of sp³-hybridized carbons (Fsp3) is 0.533. The fourth-order valence-electron chi connectivity index (χ4n) is 2.82. The lowest BCUT2D eigenvalue weighted by atomic mass is 9.69. The van der Waals surface area contributed by atoms with Crippen LogP contribution in [0.15, 0.2) is 30.3 Å². The Morgan fingerprint density at radius 2 is 1.94 bits per heavy atom. The van der Waals surface area contributed by atoms with Crippen molar-refractivity contribution in [3.8, 4) is 6.07 Å². The first-order chi connectivity index (χ1) is 8.80. The van der Waals surface area contributed by atoms with Crippen LogP contribution in [0.2, 0.25) is 0 Å². The van der Waals surface area contributed by atoms with Gasteiger partial charge < -0.3 is 11.1 Å². The Kier molecular flexibility index (Phi) is 4.35. The highest BCUT2D eigenvalue weighted by Crippen LogP contribution is 2.38. The summed E-state index contributed by atoms with van der Waals surface area (Å²) >= 11 is 0. The Bertz CT molecular complexity index is 399. The third-order valence-electron chi connectivity index (χ3n) is 3.96. The highest BCUT2D eigenvalue weighted by Gasteiger charge is 2.36. The van der Waals surface area contributed by atoms with Gasteiger partial charge in [0.15, 0.2) is 0 Å². The zero-order valence-electron chi connectivity index (χ0n) is 10.7. The molecule has 2 rings (SSSR count). The first-order valence-corrected chi connectivity index (χ1v) is 6.71. The van der Waals surface area contributed by atoms with Gasteiger partial charge in [-0.05, 0) is 31.2 Å². The van der Waals surface area contributed by atoms with Gasteiger partial charge in [-0.25, -0.2) is 0 Å². The van der Waals surface area contributed by atoms with Crippen LogP contribution in [-0.4, -0.2) is 19.1 Å². The third kappa shape index (κ3) is 2.72.